The van der Waals surface area contributed by atoms with Gasteiger partial charge in [0.15, 0.2) is 16.6 Å². The van der Waals surface area contributed by atoms with E-state index in [1.54, 1.807) is 6.20 Å². The van der Waals surface area contributed by atoms with Crippen molar-refractivity contribution in [3.63, 3.8) is 0 Å². The Labute approximate surface area is 176 Å². The van der Waals surface area contributed by atoms with E-state index in [9.17, 15) is 4.79 Å². The van der Waals surface area contributed by atoms with Crippen molar-refractivity contribution < 1.29 is 4.79 Å². The highest BCUT2D eigenvalue weighted by molar-refractivity contribution is 7.11. The number of H-pyrrole nitrogens is 1. The van der Waals surface area contributed by atoms with Crippen molar-refractivity contribution in [2.75, 3.05) is 11.9 Å². The highest BCUT2D eigenvalue weighted by Gasteiger charge is 2.34. The summed E-state index contributed by atoms with van der Waals surface area (Å²) >= 11 is 1.36. The molecule has 0 spiro atoms. The topological polar surface area (TPSA) is 104 Å². The molecule has 1 atom stereocenters. The van der Waals surface area contributed by atoms with E-state index in [2.05, 4.69) is 20.5 Å². The lowest BCUT2D eigenvalue weighted by Crippen LogP contribution is -2.31. The van der Waals surface area contributed by atoms with E-state index in [1.165, 1.54) is 24.2 Å². The number of likely N-dealkylation sites (tertiary alicyclic amines) is 1. The summed E-state index contributed by atoms with van der Waals surface area (Å²) < 4.78 is 1.90. The molecule has 0 unspecified atom stereocenters. The van der Waals surface area contributed by atoms with Crippen LogP contribution in [0.15, 0.2) is 36.0 Å². The summed E-state index contributed by atoms with van der Waals surface area (Å²) in [7, 11) is 0. The third-order valence-corrected chi connectivity index (χ3v) is 6.45. The van der Waals surface area contributed by atoms with Gasteiger partial charge in [-0.25, -0.2) is 9.97 Å². The standard InChI is InChI=1S/C20H20N8OS/c29-19(18-21-7-10-30-18)27-8-1-3-14(27)17-23-16-4-2-9-28(16)20(24-17)22-15-11-13(25-26-15)12-5-6-12/h2,4,7,9-12,14H,1,3,5-6,8H2,(H2,22,23,24,25,26)/t14-/m1/s1. The first-order valence-electron chi connectivity index (χ1n) is 10.1. The number of amides is 1. The second-order valence-corrected chi connectivity index (χ2v) is 8.64. The zero-order chi connectivity index (χ0) is 20.1. The number of aromatic amines is 1. The fourth-order valence-corrected chi connectivity index (χ4v) is 4.62. The Kier molecular flexibility index (Phi) is 4.05. The molecule has 2 fully saturated rings. The summed E-state index contributed by atoms with van der Waals surface area (Å²) in [6.07, 6.45) is 7.76. The molecule has 0 aromatic carbocycles. The molecule has 9 nitrogen and oxygen atoms in total. The number of rotatable bonds is 5. The second kappa shape index (κ2) is 6.91. The van der Waals surface area contributed by atoms with Crippen LogP contribution in [-0.2, 0) is 0 Å². The number of thiazole rings is 1. The molecule has 1 amide bonds. The van der Waals surface area contributed by atoms with E-state index in [4.69, 9.17) is 9.97 Å². The lowest BCUT2D eigenvalue weighted by atomic mass is 10.2. The SMILES string of the molecule is O=C(c1nccs1)N1CCC[C@@H]1c1nc(Nc2cc(C3CC3)[nH]n2)n2cccc2n1. The number of aromatic nitrogens is 6. The molecule has 152 valence electrons. The molecule has 5 heterocycles. The van der Waals surface area contributed by atoms with E-state index >= 15 is 0 Å². The summed E-state index contributed by atoms with van der Waals surface area (Å²) in [5, 5.41) is 13.2. The van der Waals surface area contributed by atoms with Crippen molar-refractivity contribution in [3.05, 3.63) is 52.5 Å². The Morgan fingerprint density at radius 2 is 2.20 bits per heavy atom. The van der Waals surface area contributed by atoms with Gasteiger partial charge in [-0.15, -0.1) is 11.3 Å². The van der Waals surface area contributed by atoms with Crippen molar-refractivity contribution >= 4 is 34.7 Å². The summed E-state index contributed by atoms with van der Waals surface area (Å²) in [6, 6.07) is 5.76. The Morgan fingerprint density at radius 1 is 1.27 bits per heavy atom. The number of nitrogens with zero attached hydrogens (tertiary/aromatic N) is 6. The molecule has 6 rings (SSSR count). The summed E-state index contributed by atoms with van der Waals surface area (Å²) in [4.78, 5) is 28.5. The minimum atomic E-state index is -0.164. The van der Waals surface area contributed by atoms with Crippen LogP contribution < -0.4 is 5.32 Å². The minimum absolute atomic E-state index is 0.0535. The lowest BCUT2D eigenvalue weighted by Gasteiger charge is -2.23. The maximum Gasteiger partial charge on any atom is 0.283 e. The molecular formula is C20H20N8OS. The normalized spacial score (nSPS) is 18.9. The van der Waals surface area contributed by atoms with Crippen LogP contribution in [0.4, 0.5) is 11.8 Å². The van der Waals surface area contributed by atoms with E-state index in [1.807, 2.05) is 39.1 Å². The van der Waals surface area contributed by atoms with Crippen molar-refractivity contribution in [1.29, 1.82) is 0 Å². The number of hydrogen-bond acceptors (Lipinski definition) is 7. The first-order valence-corrected chi connectivity index (χ1v) is 11.0. The number of fused-ring (bicyclic) bond motifs is 1. The first kappa shape index (κ1) is 17.6. The number of carbonyl (C=O) groups excluding carboxylic acids is 1. The molecule has 4 aromatic rings. The van der Waals surface area contributed by atoms with Gasteiger partial charge in [-0.3, -0.25) is 14.3 Å². The summed E-state index contributed by atoms with van der Waals surface area (Å²) in [5.41, 5.74) is 1.94. The van der Waals surface area contributed by atoms with Gasteiger partial charge in [-0.1, -0.05) is 0 Å². The van der Waals surface area contributed by atoms with E-state index in [-0.39, 0.29) is 11.9 Å². The lowest BCUT2D eigenvalue weighted by molar-refractivity contribution is 0.0729. The smallest absolute Gasteiger partial charge is 0.283 e. The molecule has 4 aromatic heterocycles. The Morgan fingerprint density at radius 3 is 3.03 bits per heavy atom. The van der Waals surface area contributed by atoms with Crippen LogP contribution in [0.3, 0.4) is 0 Å². The molecule has 1 aliphatic carbocycles. The zero-order valence-electron chi connectivity index (χ0n) is 16.2. The van der Waals surface area contributed by atoms with E-state index < -0.39 is 0 Å². The molecule has 1 saturated carbocycles. The van der Waals surface area contributed by atoms with Gasteiger partial charge in [-0.2, -0.15) is 10.1 Å². The van der Waals surface area contributed by atoms with Crippen LogP contribution in [0.1, 0.15) is 59.0 Å². The average Bonchev–Trinajstić information content (AvgIpc) is 3.28. The van der Waals surface area contributed by atoms with Crippen molar-refractivity contribution in [2.45, 2.75) is 37.6 Å². The maximum absolute atomic E-state index is 12.9. The monoisotopic (exact) mass is 420 g/mol. The fourth-order valence-electron chi connectivity index (χ4n) is 4.03. The van der Waals surface area contributed by atoms with Gasteiger partial charge in [-0.05, 0) is 37.8 Å². The van der Waals surface area contributed by atoms with E-state index in [0.717, 1.165) is 30.0 Å². The predicted octanol–water partition coefficient (Wildman–Crippen LogP) is 3.51. The van der Waals surface area contributed by atoms with Crippen LogP contribution >= 0.6 is 11.3 Å². The minimum Gasteiger partial charge on any atom is -0.326 e. The molecule has 0 radical (unpaired) electrons. The number of carbonyl (C=O) groups is 1. The Hall–Kier alpha value is -3.27. The van der Waals surface area contributed by atoms with Crippen LogP contribution in [0.25, 0.3) is 5.65 Å². The second-order valence-electron chi connectivity index (χ2n) is 7.74. The highest BCUT2D eigenvalue weighted by atomic mass is 32.1. The van der Waals surface area contributed by atoms with Crippen molar-refractivity contribution in [1.82, 2.24) is 34.4 Å². The van der Waals surface area contributed by atoms with Gasteiger partial charge < -0.3 is 10.2 Å². The largest absolute Gasteiger partial charge is 0.326 e. The highest BCUT2D eigenvalue weighted by Crippen LogP contribution is 2.39. The first-order chi connectivity index (χ1) is 14.8. The quantitative estimate of drug-likeness (QED) is 0.512. The number of nitrogens with one attached hydrogen (secondary N) is 2. The van der Waals surface area contributed by atoms with Gasteiger partial charge in [0.05, 0.1) is 6.04 Å². The van der Waals surface area contributed by atoms with Crippen LogP contribution in [0.5, 0.6) is 0 Å². The Balaban J connectivity index is 1.34. The zero-order valence-corrected chi connectivity index (χ0v) is 17.0. The molecule has 1 aliphatic heterocycles. The molecule has 10 heteroatoms. The van der Waals surface area contributed by atoms with Gasteiger partial charge >= 0.3 is 0 Å². The predicted molar refractivity (Wildman–Crippen MR) is 112 cm³/mol. The van der Waals surface area contributed by atoms with Crippen LogP contribution in [0.2, 0.25) is 0 Å². The fraction of sp³-hybridized carbons (Fsp3) is 0.350. The third kappa shape index (κ3) is 3.04. The van der Waals surface area contributed by atoms with Gasteiger partial charge in [0.25, 0.3) is 5.91 Å². The molecule has 30 heavy (non-hydrogen) atoms. The van der Waals surface area contributed by atoms with Gasteiger partial charge in [0.1, 0.15) is 5.65 Å². The van der Waals surface area contributed by atoms with Gasteiger partial charge in [0.2, 0.25) is 5.95 Å². The Bertz CT molecular complexity index is 1210. The average molecular weight is 421 g/mol. The third-order valence-electron chi connectivity index (χ3n) is 5.69. The van der Waals surface area contributed by atoms with Crippen molar-refractivity contribution in [3.8, 4) is 0 Å². The van der Waals surface area contributed by atoms with E-state index in [0.29, 0.717) is 29.2 Å². The number of anilines is 2. The number of hydrogen-bond donors (Lipinski definition) is 2. The molecular weight excluding hydrogens is 400 g/mol. The van der Waals surface area contributed by atoms with Crippen molar-refractivity contribution in [2.24, 2.45) is 0 Å². The van der Waals surface area contributed by atoms with Gasteiger partial charge in [0, 0.05) is 42.0 Å². The molecule has 0 bridgehead atoms. The van der Waals surface area contributed by atoms with Crippen LogP contribution in [-0.4, -0.2) is 46.9 Å². The summed E-state index contributed by atoms with van der Waals surface area (Å²) in [5.74, 6) is 2.57. The van der Waals surface area contributed by atoms with Crippen LogP contribution in [0, 0.1) is 0 Å². The maximum atomic E-state index is 12.9. The molecule has 2 N–H and O–H groups in total. The molecule has 1 saturated heterocycles. The molecule has 2 aliphatic rings. The summed E-state index contributed by atoms with van der Waals surface area (Å²) in [6.45, 7) is 0.686.